The van der Waals surface area contributed by atoms with Crippen molar-refractivity contribution in [3.63, 3.8) is 0 Å². The normalized spacial score (nSPS) is 10.3. The third-order valence-corrected chi connectivity index (χ3v) is 4.78. The summed E-state index contributed by atoms with van der Waals surface area (Å²) in [5.74, 6) is 1.46. The first-order chi connectivity index (χ1) is 12.7. The van der Waals surface area contributed by atoms with Gasteiger partial charge in [0, 0.05) is 11.4 Å². The minimum Gasteiger partial charge on any atom is -0.497 e. The number of thiophene rings is 1. The van der Waals surface area contributed by atoms with Crippen LogP contribution < -0.4 is 9.47 Å². The first-order valence-electron chi connectivity index (χ1n) is 8.35. The minimum atomic E-state index is -0.0435. The summed E-state index contributed by atoms with van der Waals surface area (Å²) in [6.45, 7) is 1.12. The van der Waals surface area contributed by atoms with Crippen LogP contribution in [0.25, 0.3) is 0 Å². The zero-order chi connectivity index (χ0) is 18.2. The third-order valence-electron chi connectivity index (χ3n) is 3.92. The quantitative estimate of drug-likeness (QED) is 0.594. The SMILES string of the molecule is COc1ccc(CN(Cc2cccs2)C(=O)COc2ccccc2)cc1. The number of para-hydroxylation sites is 1. The number of amides is 1. The summed E-state index contributed by atoms with van der Waals surface area (Å²) >= 11 is 1.65. The van der Waals surface area contributed by atoms with Crippen LogP contribution >= 0.6 is 11.3 Å². The Morgan fingerprint density at radius 1 is 0.923 bits per heavy atom. The number of hydrogen-bond donors (Lipinski definition) is 0. The number of carbonyl (C=O) groups excluding carboxylic acids is 1. The molecule has 0 bridgehead atoms. The molecule has 0 N–H and O–H groups in total. The zero-order valence-electron chi connectivity index (χ0n) is 14.6. The van der Waals surface area contributed by atoms with E-state index >= 15 is 0 Å². The molecule has 0 saturated heterocycles. The topological polar surface area (TPSA) is 38.8 Å². The molecule has 0 aliphatic rings. The van der Waals surface area contributed by atoms with E-state index < -0.39 is 0 Å². The standard InChI is InChI=1S/C21H21NO3S/c1-24-18-11-9-17(10-12-18)14-22(15-20-8-5-13-26-20)21(23)16-25-19-6-3-2-4-7-19/h2-13H,14-16H2,1H3. The van der Waals surface area contributed by atoms with Crippen LogP contribution in [-0.2, 0) is 17.9 Å². The van der Waals surface area contributed by atoms with Crippen LogP contribution in [-0.4, -0.2) is 24.5 Å². The summed E-state index contributed by atoms with van der Waals surface area (Å²) < 4.78 is 10.8. The number of rotatable bonds is 8. The second-order valence-corrected chi connectivity index (χ2v) is 6.81. The largest absolute Gasteiger partial charge is 0.497 e. The molecule has 0 radical (unpaired) electrons. The molecule has 5 heteroatoms. The Morgan fingerprint density at radius 3 is 2.35 bits per heavy atom. The van der Waals surface area contributed by atoms with Crippen molar-refractivity contribution in [2.45, 2.75) is 13.1 Å². The van der Waals surface area contributed by atoms with Crippen LogP contribution in [0.1, 0.15) is 10.4 Å². The van der Waals surface area contributed by atoms with Gasteiger partial charge in [0.1, 0.15) is 11.5 Å². The highest BCUT2D eigenvalue weighted by molar-refractivity contribution is 7.09. The fraction of sp³-hybridized carbons (Fsp3) is 0.190. The van der Waals surface area contributed by atoms with Crippen molar-refractivity contribution in [2.75, 3.05) is 13.7 Å². The highest BCUT2D eigenvalue weighted by Gasteiger charge is 2.16. The summed E-state index contributed by atoms with van der Waals surface area (Å²) in [6.07, 6.45) is 0. The average Bonchev–Trinajstić information content (AvgIpc) is 3.20. The van der Waals surface area contributed by atoms with Crippen LogP contribution in [0.3, 0.4) is 0 Å². The summed E-state index contributed by atoms with van der Waals surface area (Å²) in [5, 5.41) is 2.02. The maximum absolute atomic E-state index is 12.8. The molecule has 0 aliphatic carbocycles. The molecule has 4 nitrogen and oxygen atoms in total. The van der Waals surface area contributed by atoms with Gasteiger partial charge in [-0.15, -0.1) is 11.3 Å². The lowest BCUT2D eigenvalue weighted by molar-refractivity contribution is -0.134. The van der Waals surface area contributed by atoms with Crippen molar-refractivity contribution in [1.29, 1.82) is 0 Å². The Labute approximate surface area is 157 Å². The summed E-state index contributed by atoms with van der Waals surface area (Å²) in [4.78, 5) is 15.7. The minimum absolute atomic E-state index is 0.0194. The van der Waals surface area contributed by atoms with Crippen molar-refractivity contribution in [1.82, 2.24) is 4.90 Å². The fourth-order valence-corrected chi connectivity index (χ4v) is 3.25. The van der Waals surface area contributed by atoms with Crippen molar-refractivity contribution in [3.05, 3.63) is 82.6 Å². The molecule has 0 unspecified atom stereocenters. The molecular weight excluding hydrogens is 346 g/mol. The van der Waals surface area contributed by atoms with Gasteiger partial charge in [-0.1, -0.05) is 36.4 Å². The molecule has 0 spiro atoms. The van der Waals surface area contributed by atoms with E-state index in [1.807, 2.05) is 77.0 Å². The van der Waals surface area contributed by atoms with Gasteiger partial charge in [0.2, 0.25) is 0 Å². The van der Waals surface area contributed by atoms with Crippen molar-refractivity contribution >= 4 is 17.2 Å². The van der Waals surface area contributed by atoms with Gasteiger partial charge in [-0.05, 0) is 41.3 Å². The summed E-state index contributed by atoms with van der Waals surface area (Å²) in [5.41, 5.74) is 1.05. The number of hydrogen-bond acceptors (Lipinski definition) is 4. The molecule has 134 valence electrons. The highest BCUT2D eigenvalue weighted by Crippen LogP contribution is 2.17. The lowest BCUT2D eigenvalue weighted by Gasteiger charge is -2.22. The number of nitrogens with zero attached hydrogens (tertiary/aromatic N) is 1. The van der Waals surface area contributed by atoms with Crippen LogP contribution in [0.5, 0.6) is 11.5 Å². The fourth-order valence-electron chi connectivity index (χ4n) is 2.53. The van der Waals surface area contributed by atoms with Crippen LogP contribution in [0.2, 0.25) is 0 Å². The summed E-state index contributed by atoms with van der Waals surface area (Å²) in [7, 11) is 1.64. The highest BCUT2D eigenvalue weighted by atomic mass is 32.1. The second kappa shape index (κ2) is 9.06. The molecular formula is C21H21NO3S. The Bertz CT molecular complexity index is 801. The van der Waals surface area contributed by atoms with Crippen LogP contribution in [0.15, 0.2) is 72.1 Å². The number of carbonyl (C=O) groups is 1. The van der Waals surface area contributed by atoms with E-state index in [0.717, 1.165) is 16.2 Å². The van der Waals surface area contributed by atoms with Gasteiger partial charge in [0.05, 0.1) is 13.7 Å². The van der Waals surface area contributed by atoms with E-state index in [1.165, 1.54) is 0 Å². The molecule has 1 amide bonds. The molecule has 3 aromatic rings. The van der Waals surface area contributed by atoms with E-state index in [1.54, 1.807) is 18.4 Å². The Hall–Kier alpha value is -2.79. The Kier molecular flexibility index (Phi) is 6.28. The van der Waals surface area contributed by atoms with Crippen molar-refractivity contribution in [2.24, 2.45) is 0 Å². The molecule has 26 heavy (non-hydrogen) atoms. The Balaban J connectivity index is 1.68. The molecule has 1 heterocycles. The van der Waals surface area contributed by atoms with Gasteiger partial charge in [-0.2, -0.15) is 0 Å². The number of benzene rings is 2. The van der Waals surface area contributed by atoms with Gasteiger partial charge in [-0.25, -0.2) is 0 Å². The monoisotopic (exact) mass is 367 g/mol. The molecule has 0 aliphatic heterocycles. The molecule has 0 atom stereocenters. The number of ether oxygens (including phenoxy) is 2. The average molecular weight is 367 g/mol. The summed E-state index contributed by atoms with van der Waals surface area (Å²) in [6, 6.07) is 21.2. The van der Waals surface area contributed by atoms with E-state index in [0.29, 0.717) is 18.8 Å². The van der Waals surface area contributed by atoms with Crippen molar-refractivity contribution < 1.29 is 14.3 Å². The lowest BCUT2D eigenvalue weighted by Crippen LogP contribution is -2.33. The predicted octanol–water partition coefficient (Wildman–Crippen LogP) is 4.36. The first kappa shape index (κ1) is 18.0. The van der Waals surface area contributed by atoms with E-state index in [9.17, 15) is 4.79 Å². The Morgan fingerprint density at radius 2 is 1.69 bits per heavy atom. The predicted molar refractivity (Wildman–Crippen MR) is 104 cm³/mol. The van der Waals surface area contributed by atoms with Gasteiger partial charge >= 0.3 is 0 Å². The van der Waals surface area contributed by atoms with E-state index in [-0.39, 0.29) is 12.5 Å². The lowest BCUT2D eigenvalue weighted by atomic mass is 10.2. The van der Waals surface area contributed by atoms with Gasteiger partial charge in [-0.3, -0.25) is 4.79 Å². The van der Waals surface area contributed by atoms with Crippen molar-refractivity contribution in [3.8, 4) is 11.5 Å². The van der Waals surface area contributed by atoms with Gasteiger partial charge in [0.15, 0.2) is 6.61 Å². The molecule has 3 rings (SSSR count). The smallest absolute Gasteiger partial charge is 0.261 e. The van der Waals surface area contributed by atoms with Crippen LogP contribution in [0.4, 0.5) is 0 Å². The molecule has 0 saturated carbocycles. The third kappa shape index (κ3) is 5.10. The van der Waals surface area contributed by atoms with E-state index in [4.69, 9.17) is 9.47 Å². The maximum Gasteiger partial charge on any atom is 0.261 e. The molecule has 0 fully saturated rings. The van der Waals surface area contributed by atoms with Gasteiger partial charge < -0.3 is 14.4 Å². The molecule has 1 aromatic heterocycles. The zero-order valence-corrected chi connectivity index (χ0v) is 15.4. The van der Waals surface area contributed by atoms with Gasteiger partial charge in [0.25, 0.3) is 5.91 Å². The first-order valence-corrected chi connectivity index (χ1v) is 9.23. The molecule has 2 aromatic carbocycles. The number of methoxy groups -OCH3 is 1. The second-order valence-electron chi connectivity index (χ2n) is 5.78. The van der Waals surface area contributed by atoms with E-state index in [2.05, 4.69) is 0 Å². The maximum atomic E-state index is 12.8. The van der Waals surface area contributed by atoms with Crippen LogP contribution in [0, 0.1) is 0 Å².